The Balaban J connectivity index is 2.26. The van der Waals surface area contributed by atoms with Crippen LogP contribution >= 0.6 is 0 Å². The van der Waals surface area contributed by atoms with Crippen LogP contribution in [0.1, 0.15) is 11.7 Å². The molecule has 19 heavy (non-hydrogen) atoms. The van der Waals surface area contributed by atoms with E-state index in [1.807, 2.05) is 0 Å². The van der Waals surface area contributed by atoms with E-state index in [9.17, 15) is 14.3 Å². The molecule has 0 heterocycles. The largest absolute Gasteiger partial charge is 0.387 e. The predicted octanol–water partition coefficient (Wildman–Crippen LogP) is 0.211. The Hall–Kier alpha value is -1.50. The fraction of sp³-hybridized carbons (Fsp3) is 0.462. The van der Waals surface area contributed by atoms with E-state index in [4.69, 9.17) is 4.74 Å². The molecule has 0 aliphatic rings. The minimum absolute atomic E-state index is 0.0498. The van der Waals surface area contributed by atoms with E-state index in [1.54, 1.807) is 13.2 Å². The molecule has 1 amide bonds. The van der Waals surface area contributed by atoms with Crippen LogP contribution in [0.3, 0.4) is 0 Å². The predicted molar refractivity (Wildman–Crippen MR) is 69.1 cm³/mol. The summed E-state index contributed by atoms with van der Waals surface area (Å²) < 4.78 is 17.8. The molecule has 0 aromatic heterocycles. The van der Waals surface area contributed by atoms with Crippen LogP contribution in [-0.2, 0) is 9.53 Å². The molecule has 1 atom stereocenters. The second-order valence-corrected chi connectivity index (χ2v) is 4.04. The molecule has 1 unspecified atom stereocenters. The van der Waals surface area contributed by atoms with Gasteiger partial charge in [0.15, 0.2) is 0 Å². The number of aliphatic hydroxyl groups is 1. The van der Waals surface area contributed by atoms with E-state index in [1.165, 1.54) is 18.2 Å². The van der Waals surface area contributed by atoms with Crippen molar-refractivity contribution in [2.75, 3.05) is 33.4 Å². The first-order chi connectivity index (χ1) is 9.13. The van der Waals surface area contributed by atoms with Crippen molar-refractivity contribution >= 4 is 5.91 Å². The lowest BCUT2D eigenvalue weighted by molar-refractivity contribution is -0.120. The van der Waals surface area contributed by atoms with Crippen molar-refractivity contribution in [2.45, 2.75) is 6.10 Å². The summed E-state index contributed by atoms with van der Waals surface area (Å²) in [7, 11) is 1.58. The number of carbonyl (C=O) groups excluding carboxylic acids is 1. The number of carbonyl (C=O) groups is 1. The summed E-state index contributed by atoms with van der Waals surface area (Å²) in [6, 6.07) is 5.67. The van der Waals surface area contributed by atoms with Crippen molar-refractivity contribution in [3.63, 3.8) is 0 Å². The number of hydrogen-bond donors (Lipinski definition) is 3. The lowest BCUT2D eigenvalue weighted by atomic mass is 10.1. The van der Waals surface area contributed by atoms with Crippen molar-refractivity contribution in [1.82, 2.24) is 10.6 Å². The maximum absolute atomic E-state index is 12.9. The molecule has 1 aromatic carbocycles. The first kappa shape index (κ1) is 15.6. The van der Waals surface area contributed by atoms with Gasteiger partial charge in [-0.3, -0.25) is 4.79 Å². The first-order valence-corrected chi connectivity index (χ1v) is 6.03. The lowest BCUT2D eigenvalue weighted by Crippen LogP contribution is -2.37. The van der Waals surface area contributed by atoms with Gasteiger partial charge in [0, 0.05) is 20.2 Å². The van der Waals surface area contributed by atoms with Crippen LogP contribution in [0.25, 0.3) is 0 Å². The van der Waals surface area contributed by atoms with E-state index in [2.05, 4.69) is 10.6 Å². The number of aliphatic hydroxyl groups excluding tert-OH is 1. The van der Waals surface area contributed by atoms with Crippen molar-refractivity contribution in [3.05, 3.63) is 35.6 Å². The van der Waals surface area contributed by atoms with E-state index in [0.29, 0.717) is 18.7 Å². The van der Waals surface area contributed by atoms with Gasteiger partial charge < -0.3 is 20.5 Å². The molecule has 6 heteroatoms. The van der Waals surface area contributed by atoms with Gasteiger partial charge in [-0.05, 0) is 17.7 Å². The summed E-state index contributed by atoms with van der Waals surface area (Å²) in [5.41, 5.74) is 0.438. The van der Waals surface area contributed by atoms with Gasteiger partial charge in [-0.25, -0.2) is 4.39 Å². The van der Waals surface area contributed by atoms with Crippen molar-refractivity contribution in [1.29, 1.82) is 0 Å². The highest BCUT2D eigenvalue weighted by atomic mass is 19.1. The molecule has 1 aromatic rings. The van der Waals surface area contributed by atoms with Gasteiger partial charge in [0.2, 0.25) is 5.91 Å². The highest BCUT2D eigenvalue weighted by Crippen LogP contribution is 2.12. The Bertz CT molecular complexity index is 401. The smallest absolute Gasteiger partial charge is 0.234 e. The Kier molecular flexibility index (Phi) is 7.02. The summed E-state index contributed by atoms with van der Waals surface area (Å²) >= 11 is 0. The molecule has 0 spiro atoms. The van der Waals surface area contributed by atoms with Gasteiger partial charge in [0.1, 0.15) is 5.82 Å². The molecule has 0 aliphatic heterocycles. The van der Waals surface area contributed by atoms with Crippen LogP contribution < -0.4 is 10.6 Å². The molecule has 0 saturated heterocycles. The van der Waals surface area contributed by atoms with E-state index < -0.39 is 11.9 Å². The number of nitrogens with one attached hydrogen (secondary N) is 2. The number of ether oxygens (including phenoxy) is 1. The topological polar surface area (TPSA) is 70.6 Å². The fourth-order valence-electron chi connectivity index (χ4n) is 1.48. The summed E-state index contributed by atoms with van der Waals surface area (Å²) in [6.07, 6.45) is -0.918. The van der Waals surface area contributed by atoms with Crippen LogP contribution in [0.4, 0.5) is 4.39 Å². The first-order valence-electron chi connectivity index (χ1n) is 6.03. The SMILES string of the molecule is COCCNCC(=O)NCC(O)c1cccc(F)c1. The fourth-order valence-corrected chi connectivity index (χ4v) is 1.48. The molecule has 0 saturated carbocycles. The standard InChI is InChI=1S/C13H19FN2O3/c1-19-6-5-15-9-13(18)16-8-12(17)10-3-2-4-11(14)7-10/h2-4,7,12,15,17H,5-6,8-9H2,1H3,(H,16,18). The number of halogens is 1. The van der Waals surface area contributed by atoms with Gasteiger partial charge >= 0.3 is 0 Å². The number of hydrogen-bond acceptors (Lipinski definition) is 4. The number of rotatable bonds is 8. The van der Waals surface area contributed by atoms with E-state index in [-0.39, 0.29) is 19.0 Å². The zero-order valence-corrected chi connectivity index (χ0v) is 10.9. The van der Waals surface area contributed by atoms with Gasteiger partial charge in [0.05, 0.1) is 19.3 Å². The number of amides is 1. The maximum Gasteiger partial charge on any atom is 0.234 e. The van der Waals surface area contributed by atoms with E-state index in [0.717, 1.165) is 0 Å². The summed E-state index contributed by atoms with van der Waals surface area (Å²) in [4.78, 5) is 11.4. The normalized spacial score (nSPS) is 12.2. The van der Waals surface area contributed by atoms with E-state index >= 15 is 0 Å². The zero-order chi connectivity index (χ0) is 14.1. The molecule has 3 N–H and O–H groups in total. The van der Waals surface area contributed by atoms with Crippen LogP contribution in [0.5, 0.6) is 0 Å². The summed E-state index contributed by atoms with van der Waals surface area (Å²) in [5, 5.41) is 15.2. The molecular formula is C13H19FN2O3. The van der Waals surface area contributed by atoms with Crippen LogP contribution in [0.2, 0.25) is 0 Å². The molecule has 0 aliphatic carbocycles. The third-order valence-corrected chi connectivity index (χ3v) is 2.49. The second-order valence-electron chi connectivity index (χ2n) is 4.04. The molecular weight excluding hydrogens is 251 g/mol. The van der Waals surface area contributed by atoms with Gasteiger partial charge in [-0.2, -0.15) is 0 Å². The minimum atomic E-state index is -0.918. The number of methoxy groups -OCH3 is 1. The molecule has 0 radical (unpaired) electrons. The number of benzene rings is 1. The average molecular weight is 270 g/mol. The third kappa shape index (κ3) is 6.28. The van der Waals surface area contributed by atoms with Gasteiger partial charge in [-0.1, -0.05) is 12.1 Å². The minimum Gasteiger partial charge on any atom is -0.387 e. The van der Waals surface area contributed by atoms with Crippen LogP contribution in [0, 0.1) is 5.82 Å². The molecule has 0 bridgehead atoms. The monoisotopic (exact) mass is 270 g/mol. The zero-order valence-electron chi connectivity index (χ0n) is 10.9. The molecule has 0 fully saturated rings. The quantitative estimate of drug-likeness (QED) is 0.591. The second kappa shape index (κ2) is 8.58. The Morgan fingerprint density at radius 1 is 1.53 bits per heavy atom. The van der Waals surface area contributed by atoms with Gasteiger partial charge in [0.25, 0.3) is 0 Å². The Morgan fingerprint density at radius 3 is 3.00 bits per heavy atom. The highest BCUT2D eigenvalue weighted by Gasteiger charge is 2.09. The molecule has 106 valence electrons. The van der Waals surface area contributed by atoms with Crippen LogP contribution in [-0.4, -0.2) is 44.4 Å². The lowest BCUT2D eigenvalue weighted by Gasteiger charge is -2.12. The Labute approximate surface area is 111 Å². The van der Waals surface area contributed by atoms with Crippen LogP contribution in [0.15, 0.2) is 24.3 Å². The highest BCUT2D eigenvalue weighted by molar-refractivity contribution is 5.78. The van der Waals surface area contributed by atoms with Crippen molar-refractivity contribution < 1.29 is 19.0 Å². The average Bonchev–Trinajstić information content (AvgIpc) is 2.41. The summed E-state index contributed by atoms with van der Waals surface area (Å²) in [5.74, 6) is -0.643. The van der Waals surface area contributed by atoms with Gasteiger partial charge in [-0.15, -0.1) is 0 Å². The third-order valence-electron chi connectivity index (χ3n) is 2.49. The summed E-state index contributed by atoms with van der Waals surface area (Å²) in [6.45, 7) is 1.31. The Morgan fingerprint density at radius 2 is 2.32 bits per heavy atom. The van der Waals surface area contributed by atoms with Crippen molar-refractivity contribution in [3.8, 4) is 0 Å². The maximum atomic E-state index is 12.9. The molecule has 1 rings (SSSR count). The molecule has 5 nitrogen and oxygen atoms in total. The van der Waals surface area contributed by atoms with Crippen molar-refractivity contribution in [2.24, 2.45) is 0 Å².